The Morgan fingerprint density at radius 1 is 1.04 bits per heavy atom. The van der Waals surface area contributed by atoms with E-state index < -0.39 is 0 Å². The van der Waals surface area contributed by atoms with Crippen molar-refractivity contribution in [2.24, 2.45) is 0 Å². The molecule has 0 atom stereocenters. The molecule has 122 valence electrons. The van der Waals surface area contributed by atoms with Gasteiger partial charge in [0.15, 0.2) is 16.6 Å². The quantitative estimate of drug-likeness (QED) is 0.597. The molecule has 1 aliphatic rings. The molecule has 4 aromatic rings. The number of para-hydroxylation sites is 2. The standard InChI is InChI=1S/C17H10N4O3S/c22-16(12-7-18-9-3-1-2-4-10(9)19-12)21-17-20-11-5-13-14(24-8-23-13)6-15(11)25-17/h1-7H,8H2,(H,20,21,22). The molecule has 2 aromatic carbocycles. The highest BCUT2D eigenvalue weighted by molar-refractivity contribution is 7.22. The summed E-state index contributed by atoms with van der Waals surface area (Å²) < 4.78 is 11.6. The normalized spacial score (nSPS) is 12.6. The van der Waals surface area contributed by atoms with Gasteiger partial charge in [0.25, 0.3) is 5.91 Å². The van der Waals surface area contributed by atoms with Crippen molar-refractivity contribution in [1.29, 1.82) is 0 Å². The van der Waals surface area contributed by atoms with E-state index in [1.807, 2.05) is 30.3 Å². The SMILES string of the molecule is O=C(Nc1nc2cc3c(cc2s1)OCO3)c1cnc2ccccc2n1. The second-order valence-corrected chi connectivity index (χ2v) is 6.42. The zero-order valence-electron chi connectivity index (χ0n) is 12.7. The van der Waals surface area contributed by atoms with Crippen LogP contribution in [0.5, 0.6) is 11.5 Å². The first-order valence-corrected chi connectivity index (χ1v) is 8.31. The van der Waals surface area contributed by atoms with Crippen LogP contribution in [0.3, 0.4) is 0 Å². The van der Waals surface area contributed by atoms with Crippen molar-refractivity contribution < 1.29 is 14.3 Å². The molecule has 1 aliphatic heterocycles. The Hall–Kier alpha value is -3.26. The Labute approximate surface area is 145 Å². The Balaban J connectivity index is 1.45. The second kappa shape index (κ2) is 5.38. The largest absolute Gasteiger partial charge is 0.454 e. The number of ether oxygens (including phenoxy) is 2. The van der Waals surface area contributed by atoms with Crippen molar-refractivity contribution >= 4 is 43.6 Å². The molecule has 1 amide bonds. The summed E-state index contributed by atoms with van der Waals surface area (Å²) in [4.78, 5) is 25.5. The van der Waals surface area contributed by atoms with Crippen LogP contribution in [0.1, 0.15) is 10.5 Å². The molecule has 0 spiro atoms. The maximum absolute atomic E-state index is 12.4. The fraction of sp³-hybridized carbons (Fsp3) is 0.0588. The summed E-state index contributed by atoms with van der Waals surface area (Å²) in [5, 5.41) is 3.26. The van der Waals surface area contributed by atoms with Gasteiger partial charge in [-0.3, -0.25) is 15.1 Å². The van der Waals surface area contributed by atoms with E-state index in [1.165, 1.54) is 17.5 Å². The van der Waals surface area contributed by atoms with Crippen molar-refractivity contribution in [3.8, 4) is 11.5 Å². The van der Waals surface area contributed by atoms with Gasteiger partial charge in [-0.15, -0.1) is 0 Å². The number of hydrogen-bond acceptors (Lipinski definition) is 7. The third-order valence-corrected chi connectivity index (χ3v) is 4.72. The average Bonchev–Trinajstić information content (AvgIpc) is 3.24. The molecular weight excluding hydrogens is 340 g/mol. The molecule has 0 saturated heterocycles. The van der Waals surface area contributed by atoms with Gasteiger partial charge in [-0.2, -0.15) is 0 Å². The number of amides is 1. The maximum atomic E-state index is 12.4. The third kappa shape index (κ3) is 2.43. The second-order valence-electron chi connectivity index (χ2n) is 5.39. The molecule has 0 fully saturated rings. The molecule has 8 heteroatoms. The summed E-state index contributed by atoms with van der Waals surface area (Å²) in [5.41, 5.74) is 2.40. The van der Waals surface area contributed by atoms with Crippen molar-refractivity contribution in [1.82, 2.24) is 15.0 Å². The number of carbonyl (C=O) groups is 1. The first-order valence-electron chi connectivity index (χ1n) is 7.49. The number of benzene rings is 2. The zero-order valence-corrected chi connectivity index (χ0v) is 13.5. The van der Waals surface area contributed by atoms with Crippen LogP contribution in [-0.4, -0.2) is 27.7 Å². The van der Waals surface area contributed by atoms with Crippen LogP contribution in [-0.2, 0) is 0 Å². The maximum Gasteiger partial charge on any atom is 0.277 e. The van der Waals surface area contributed by atoms with Crippen molar-refractivity contribution in [3.05, 3.63) is 48.3 Å². The molecule has 0 bridgehead atoms. The van der Waals surface area contributed by atoms with Crippen molar-refractivity contribution in [2.45, 2.75) is 0 Å². The Kier molecular flexibility index (Phi) is 3.04. The molecule has 0 unspecified atom stereocenters. The summed E-state index contributed by atoms with van der Waals surface area (Å²) in [5.74, 6) is 1.00. The van der Waals surface area contributed by atoms with Crippen LogP contribution in [0.25, 0.3) is 21.3 Å². The van der Waals surface area contributed by atoms with Gasteiger partial charge < -0.3 is 9.47 Å². The Bertz CT molecular complexity index is 1100. The number of hydrogen-bond donors (Lipinski definition) is 1. The minimum Gasteiger partial charge on any atom is -0.454 e. The first kappa shape index (κ1) is 14.1. The Morgan fingerprint density at radius 3 is 2.72 bits per heavy atom. The van der Waals surface area contributed by atoms with Crippen LogP contribution < -0.4 is 14.8 Å². The molecule has 7 nitrogen and oxygen atoms in total. The third-order valence-electron chi connectivity index (χ3n) is 3.78. The molecule has 3 heterocycles. The molecule has 25 heavy (non-hydrogen) atoms. The summed E-state index contributed by atoms with van der Waals surface area (Å²) >= 11 is 1.36. The van der Waals surface area contributed by atoms with E-state index in [1.54, 1.807) is 6.07 Å². The van der Waals surface area contributed by atoms with Gasteiger partial charge in [-0.25, -0.2) is 9.97 Å². The van der Waals surface area contributed by atoms with Gasteiger partial charge in [-0.05, 0) is 12.1 Å². The van der Waals surface area contributed by atoms with Crippen LogP contribution in [0.4, 0.5) is 5.13 Å². The average molecular weight is 350 g/mol. The van der Waals surface area contributed by atoms with E-state index in [2.05, 4.69) is 20.3 Å². The van der Waals surface area contributed by atoms with E-state index in [9.17, 15) is 4.79 Å². The van der Waals surface area contributed by atoms with E-state index >= 15 is 0 Å². The van der Waals surface area contributed by atoms with Gasteiger partial charge in [-0.1, -0.05) is 23.5 Å². The summed E-state index contributed by atoms with van der Waals surface area (Å²) in [6.07, 6.45) is 1.46. The van der Waals surface area contributed by atoms with Gasteiger partial charge in [0.05, 0.1) is 27.4 Å². The monoisotopic (exact) mass is 350 g/mol. The summed E-state index contributed by atoms with van der Waals surface area (Å²) in [7, 11) is 0. The van der Waals surface area contributed by atoms with Crippen molar-refractivity contribution in [2.75, 3.05) is 12.1 Å². The van der Waals surface area contributed by atoms with E-state index in [-0.39, 0.29) is 18.4 Å². The number of rotatable bonds is 2. The molecule has 0 radical (unpaired) electrons. The Morgan fingerprint density at radius 2 is 1.84 bits per heavy atom. The van der Waals surface area contributed by atoms with Crippen LogP contribution in [0, 0.1) is 0 Å². The molecule has 5 rings (SSSR count). The minimum absolute atomic E-state index is 0.219. The smallest absolute Gasteiger partial charge is 0.277 e. The number of thiazole rings is 1. The van der Waals surface area contributed by atoms with E-state index in [0.29, 0.717) is 22.1 Å². The fourth-order valence-corrected chi connectivity index (χ4v) is 3.47. The van der Waals surface area contributed by atoms with Crippen LogP contribution in [0.2, 0.25) is 0 Å². The molecule has 2 aromatic heterocycles. The summed E-state index contributed by atoms with van der Waals surface area (Å²) in [6, 6.07) is 11.1. The van der Waals surface area contributed by atoms with Crippen LogP contribution in [0.15, 0.2) is 42.6 Å². The van der Waals surface area contributed by atoms with Crippen LogP contribution >= 0.6 is 11.3 Å². The van der Waals surface area contributed by atoms with E-state index in [0.717, 1.165) is 15.7 Å². The fourth-order valence-electron chi connectivity index (χ4n) is 2.60. The lowest BCUT2D eigenvalue weighted by molar-refractivity contribution is 0.102. The number of fused-ring (bicyclic) bond motifs is 3. The molecular formula is C17H10N4O3S. The topological polar surface area (TPSA) is 86.2 Å². The van der Waals surface area contributed by atoms with E-state index in [4.69, 9.17) is 9.47 Å². The molecule has 0 aliphatic carbocycles. The van der Waals surface area contributed by atoms with Gasteiger partial charge in [0, 0.05) is 12.1 Å². The first-order chi connectivity index (χ1) is 12.3. The number of carbonyl (C=O) groups excluding carboxylic acids is 1. The number of nitrogens with zero attached hydrogens (tertiary/aromatic N) is 3. The highest BCUT2D eigenvalue weighted by Gasteiger charge is 2.18. The number of nitrogens with one attached hydrogen (secondary N) is 1. The zero-order chi connectivity index (χ0) is 16.8. The molecule has 1 N–H and O–H groups in total. The lowest BCUT2D eigenvalue weighted by Gasteiger charge is -2.02. The van der Waals surface area contributed by atoms with Gasteiger partial charge in [0.2, 0.25) is 6.79 Å². The predicted molar refractivity (Wildman–Crippen MR) is 93.2 cm³/mol. The minimum atomic E-state index is -0.350. The summed E-state index contributed by atoms with van der Waals surface area (Å²) in [6.45, 7) is 0.219. The number of aromatic nitrogens is 3. The highest BCUT2D eigenvalue weighted by Crippen LogP contribution is 2.38. The number of anilines is 1. The molecule has 0 saturated carbocycles. The highest BCUT2D eigenvalue weighted by atomic mass is 32.1. The lowest BCUT2D eigenvalue weighted by Crippen LogP contribution is -2.13. The van der Waals surface area contributed by atoms with Crippen molar-refractivity contribution in [3.63, 3.8) is 0 Å². The van der Waals surface area contributed by atoms with Gasteiger partial charge >= 0.3 is 0 Å². The van der Waals surface area contributed by atoms with Gasteiger partial charge in [0.1, 0.15) is 5.69 Å². The lowest BCUT2D eigenvalue weighted by atomic mass is 10.3. The predicted octanol–water partition coefficient (Wildman–Crippen LogP) is 3.22.